The van der Waals surface area contributed by atoms with Gasteiger partial charge in [-0.15, -0.1) is 0 Å². The van der Waals surface area contributed by atoms with E-state index in [2.05, 4.69) is 10.2 Å². The van der Waals surface area contributed by atoms with E-state index in [1.54, 1.807) is 4.31 Å². The minimum atomic E-state index is -2.99. The van der Waals surface area contributed by atoms with Gasteiger partial charge < -0.3 is 5.32 Å². The van der Waals surface area contributed by atoms with Crippen molar-refractivity contribution in [1.29, 1.82) is 0 Å². The monoisotopic (exact) mass is 275 g/mol. The number of piperazine rings is 1. The van der Waals surface area contributed by atoms with Crippen LogP contribution in [0.4, 0.5) is 0 Å². The van der Waals surface area contributed by atoms with Crippen LogP contribution in [0, 0.1) is 0 Å². The smallest absolute Gasteiger partial charge is 0.214 e. The predicted octanol–water partition coefficient (Wildman–Crippen LogP) is 0.0958. The molecule has 0 amide bonds. The summed E-state index contributed by atoms with van der Waals surface area (Å²) in [6.45, 7) is 7.25. The number of piperidine rings is 1. The van der Waals surface area contributed by atoms with Crippen molar-refractivity contribution in [2.45, 2.75) is 32.2 Å². The summed E-state index contributed by atoms with van der Waals surface area (Å²) >= 11 is 0. The van der Waals surface area contributed by atoms with Gasteiger partial charge in [-0.3, -0.25) is 4.90 Å². The zero-order valence-electron chi connectivity index (χ0n) is 11.3. The second-order valence-electron chi connectivity index (χ2n) is 5.23. The van der Waals surface area contributed by atoms with Gasteiger partial charge in [0.15, 0.2) is 0 Å². The molecule has 2 aliphatic rings. The van der Waals surface area contributed by atoms with E-state index in [4.69, 9.17) is 0 Å². The molecule has 0 saturated carbocycles. The number of nitrogens with one attached hydrogen (secondary N) is 1. The second-order valence-corrected chi connectivity index (χ2v) is 7.32. The molecule has 0 radical (unpaired) electrons. The number of nitrogens with zero attached hydrogens (tertiary/aromatic N) is 2. The average Bonchev–Trinajstić information content (AvgIpc) is 2.40. The van der Waals surface area contributed by atoms with Crippen LogP contribution in [0.2, 0.25) is 0 Å². The zero-order valence-corrected chi connectivity index (χ0v) is 12.1. The fourth-order valence-corrected chi connectivity index (χ4v) is 4.40. The molecule has 0 bridgehead atoms. The number of hydrogen-bond acceptors (Lipinski definition) is 4. The first-order valence-electron chi connectivity index (χ1n) is 7.06. The van der Waals surface area contributed by atoms with Crippen LogP contribution in [-0.4, -0.2) is 68.7 Å². The third kappa shape index (κ3) is 3.44. The van der Waals surface area contributed by atoms with Crippen LogP contribution in [0.1, 0.15) is 26.2 Å². The average molecular weight is 275 g/mol. The van der Waals surface area contributed by atoms with Crippen LogP contribution in [0.3, 0.4) is 0 Å². The Hall–Kier alpha value is -0.170. The third-order valence-electron chi connectivity index (χ3n) is 3.95. The summed E-state index contributed by atoms with van der Waals surface area (Å²) in [5.74, 6) is 0.292. The standard InChI is InChI=1S/C12H25N3O2S/c1-2-11-18(16,17)15-9-7-14(8-10-15)12-3-5-13-6-4-12/h12-13H,2-11H2,1H3. The summed E-state index contributed by atoms with van der Waals surface area (Å²) < 4.78 is 25.6. The predicted molar refractivity (Wildman–Crippen MR) is 73.1 cm³/mol. The molecule has 2 fully saturated rings. The highest BCUT2D eigenvalue weighted by Gasteiger charge is 2.29. The Morgan fingerprint density at radius 2 is 1.72 bits per heavy atom. The van der Waals surface area contributed by atoms with Gasteiger partial charge in [-0.2, -0.15) is 4.31 Å². The normalized spacial score (nSPS) is 25.4. The Morgan fingerprint density at radius 1 is 1.11 bits per heavy atom. The van der Waals surface area contributed by atoms with Crippen LogP contribution in [-0.2, 0) is 10.0 Å². The lowest BCUT2D eigenvalue weighted by Gasteiger charge is -2.40. The fraction of sp³-hybridized carbons (Fsp3) is 1.00. The van der Waals surface area contributed by atoms with Crippen molar-refractivity contribution in [3.63, 3.8) is 0 Å². The minimum absolute atomic E-state index is 0.292. The van der Waals surface area contributed by atoms with Crippen molar-refractivity contribution < 1.29 is 8.42 Å². The number of rotatable bonds is 4. The van der Waals surface area contributed by atoms with Gasteiger partial charge in [0.25, 0.3) is 0 Å². The topological polar surface area (TPSA) is 52.7 Å². The molecule has 2 saturated heterocycles. The molecule has 0 spiro atoms. The van der Waals surface area contributed by atoms with Crippen molar-refractivity contribution >= 4 is 10.0 Å². The molecule has 0 unspecified atom stereocenters. The van der Waals surface area contributed by atoms with E-state index in [0.29, 0.717) is 31.3 Å². The molecule has 0 aromatic heterocycles. The molecule has 18 heavy (non-hydrogen) atoms. The zero-order chi connectivity index (χ0) is 13.0. The Morgan fingerprint density at radius 3 is 2.28 bits per heavy atom. The molecule has 6 heteroatoms. The first-order valence-corrected chi connectivity index (χ1v) is 8.67. The van der Waals surface area contributed by atoms with Gasteiger partial charge >= 0.3 is 0 Å². The highest BCUT2D eigenvalue weighted by Crippen LogP contribution is 2.16. The molecular formula is C12H25N3O2S. The van der Waals surface area contributed by atoms with Gasteiger partial charge in [0, 0.05) is 32.2 Å². The highest BCUT2D eigenvalue weighted by atomic mass is 32.2. The van der Waals surface area contributed by atoms with Crippen molar-refractivity contribution in [2.75, 3.05) is 45.0 Å². The Balaban J connectivity index is 1.84. The van der Waals surface area contributed by atoms with Gasteiger partial charge in [-0.1, -0.05) is 6.92 Å². The minimum Gasteiger partial charge on any atom is -0.317 e. The molecule has 106 valence electrons. The van der Waals surface area contributed by atoms with Gasteiger partial charge in [-0.05, 0) is 32.4 Å². The van der Waals surface area contributed by atoms with E-state index in [1.807, 2.05) is 6.92 Å². The Kier molecular flexibility index (Phi) is 5.00. The first-order chi connectivity index (χ1) is 8.63. The van der Waals surface area contributed by atoms with Crippen LogP contribution in [0.15, 0.2) is 0 Å². The van der Waals surface area contributed by atoms with Crippen LogP contribution in [0.5, 0.6) is 0 Å². The van der Waals surface area contributed by atoms with E-state index < -0.39 is 10.0 Å². The van der Waals surface area contributed by atoms with E-state index in [9.17, 15) is 8.42 Å². The molecule has 0 atom stereocenters. The molecule has 0 aliphatic carbocycles. The Labute approximate surface area is 111 Å². The van der Waals surface area contributed by atoms with Crippen molar-refractivity contribution in [3.8, 4) is 0 Å². The molecule has 2 heterocycles. The highest BCUT2D eigenvalue weighted by molar-refractivity contribution is 7.89. The fourth-order valence-electron chi connectivity index (χ4n) is 2.91. The third-order valence-corrected chi connectivity index (χ3v) is 6.03. The SMILES string of the molecule is CCCS(=O)(=O)N1CCN(C2CCNCC2)CC1. The van der Waals surface area contributed by atoms with Crippen molar-refractivity contribution in [1.82, 2.24) is 14.5 Å². The second kappa shape index (κ2) is 6.32. The summed E-state index contributed by atoms with van der Waals surface area (Å²) in [6, 6.07) is 0.655. The van der Waals surface area contributed by atoms with Crippen molar-refractivity contribution in [3.05, 3.63) is 0 Å². The summed E-state index contributed by atoms with van der Waals surface area (Å²) in [5.41, 5.74) is 0. The maximum absolute atomic E-state index is 12.0. The van der Waals surface area contributed by atoms with Crippen LogP contribution in [0.25, 0.3) is 0 Å². The van der Waals surface area contributed by atoms with Crippen molar-refractivity contribution in [2.24, 2.45) is 0 Å². The molecule has 5 nitrogen and oxygen atoms in total. The van der Waals surface area contributed by atoms with E-state index >= 15 is 0 Å². The summed E-state index contributed by atoms with van der Waals surface area (Å²) in [4.78, 5) is 2.47. The molecule has 1 N–H and O–H groups in total. The van der Waals surface area contributed by atoms with Gasteiger partial charge in [0.05, 0.1) is 5.75 Å². The van der Waals surface area contributed by atoms with E-state index in [0.717, 1.165) is 26.2 Å². The lowest BCUT2D eigenvalue weighted by Crippen LogP contribution is -2.54. The molecular weight excluding hydrogens is 250 g/mol. The lowest BCUT2D eigenvalue weighted by atomic mass is 10.0. The molecule has 0 aromatic carbocycles. The maximum Gasteiger partial charge on any atom is 0.214 e. The molecule has 2 rings (SSSR count). The summed E-state index contributed by atoms with van der Waals surface area (Å²) in [5, 5.41) is 3.37. The quantitative estimate of drug-likeness (QED) is 0.790. The number of hydrogen-bond donors (Lipinski definition) is 1. The van der Waals surface area contributed by atoms with Gasteiger partial charge in [0.1, 0.15) is 0 Å². The van der Waals surface area contributed by atoms with Crippen LogP contribution >= 0.6 is 0 Å². The van der Waals surface area contributed by atoms with Crippen LogP contribution < -0.4 is 5.32 Å². The first kappa shape index (κ1) is 14.2. The lowest BCUT2D eigenvalue weighted by molar-refractivity contribution is 0.115. The number of sulfonamides is 1. The van der Waals surface area contributed by atoms with Gasteiger partial charge in [0.2, 0.25) is 10.0 Å². The maximum atomic E-state index is 12.0. The summed E-state index contributed by atoms with van der Waals surface area (Å²) in [7, 11) is -2.99. The largest absolute Gasteiger partial charge is 0.317 e. The molecule has 0 aromatic rings. The molecule has 2 aliphatic heterocycles. The van der Waals surface area contributed by atoms with Gasteiger partial charge in [-0.25, -0.2) is 8.42 Å². The van der Waals surface area contributed by atoms with E-state index in [-0.39, 0.29) is 0 Å². The summed E-state index contributed by atoms with van der Waals surface area (Å²) in [6.07, 6.45) is 3.10. The van der Waals surface area contributed by atoms with E-state index in [1.165, 1.54) is 12.8 Å². The Bertz CT molecular complexity index is 344.